The van der Waals surface area contributed by atoms with Gasteiger partial charge in [-0.15, -0.1) is 0 Å². The van der Waals surface area contributed by atoms with Crippen LogP contribution >= 0.6 is 45.2 Å². The Balaban J connectivity index is 0.000000300. The Labute approximate surface area is 173 Å². The monoisotopic (exact) mass is 552 g/mol. The molecule has 4 heteroatoms. The van der Waals surface area contributed by atoms with Gasteiger partial charge in [0.2, 0.25) is 0 Å². The molecule has 0 aromatic heterocycles. The first kappa shape index (κ1) is 21.5. The normalized spacial score (nSPS) is 9.96. The largest absolute Gasteiger partial charge is 0.507 e. The predicted molar refractivity (Wildman–Crippen MR) is 119 cm³/mol. The van der Waals surface area contributed by atoms with Crippen LogP contribution in [0.2, 0.25) is 0 Å². The van der Waals surface area contributed by atoms with E-state index in [-0.39, 0.29) is 0 Å². The molecule has 0 amide bonds. The number of benzene rings is 2. The van der Waals surface area contributed by atoms with E-state index in [9.17, 15) is 0 Å². The number of hydrogen-bond donors (Lipinski definition) is 1. The average Bonchev–Trinajstić information content (AvgIpc) is 2.59. The first-order valence-electron chi connectivity index (χ1n) is 8.46. The lowest BCUT2D eigenvalue weighted by Crippen LogP contribution is -1.98. The Bertz CT molecular complexity index is 552. The van der Waals surface area contributed by atoms with Crippen molar-refractivity contribution in [2.24, 2.45) is 0 Å². The third kappa shape index (κ3) is 9.71. The second-order valence-electron chi connectivity index (χ2n) is 5.50. The van der Waals surface area contributed by atoms with Crippen LogP contribution in [0.5, 0.6) is 11.5 Å². The summed E-state index contributed by atoms with van der Waals surface area (Å²) in [6.07, 6.45) is 7.89. The quantitative estimate of drug-likeness (QED) is 0.282. The van der Waals surface area contributed by atoms with E-state index in [0.717, 1.165) is 15.9 Å². The van der Waals surface area contributed by atoms with Crippen molar-refractivity contribution in [3.63, 3.8) is 0 Å². The molecule has 0 fully saturated rings. The van der Waals surface area contributed by atoms with Crippen molar-refractivity contribution in [1.29, 1.82) is 0 Å². The molecule has 0 heterocycles. The van der Waals surface area contributed by atoms with Crippen molar-refractivity contribution in [1.82, 2.24) is 0 Å². The number of aromatic hydroxyl groups is 1. The summed E-state index contributed by atoms with van der Waals surface area (Å²) in [5.41, 5.74) is 0. The Morgan fingerprint density at radius 2 is 1.38 bits per heavy atom. The summed E-state index contributed by atoms with van der Waals surface area (Å²) < 4.78 is 7.83. The fraction of sp³-hybridized carbons (Fsp3) is 0.400. The molecule has 0 unspecified atom stereocenters. The first-order chi connectivity index (χ1) is 11.6. The molecule has 0 atom stereocenters. The minimum atomic E-state index is 0.355. The van der Waals surface area contributed by atoms with Crippen molar-refractivity contribution >= 4 is 45.2 Å². The average molecular weight is 552 g/mol. The highest BCUT2D eigenvalue weighted by molar-refractivity contribution is 14.1. The topological polar surface area (TPSA) is 29.5 Å². The van der Waals surface area contributed by atoms with Gasteiger partial charge in [0.15, 0.2) is 0 Å². The van der Waals surface area contributed by atoms with Crippen LogP contribution in [-0.2, 0) is 0 Å². The number of ether oxygens (including phenoxy) is 1. The smallest absolute Gasteiger partial charge is 0.132 e. The van der Waals surface area contributed by atoms with Crippen molar-refractivity contribution < 1.29 is 9.84 Å². The summed E-state index contributed by atoms with van der Waals surface area (Å²) in [5, 5.41) is 8.91. The number of halogens is 2. The molecule has 0 saturated carbocycles. The van der Waals surface area contributed by atoms with E-state index < -0.39 is 0 Å². The van der Waals surface area contributed by atoms with Gasteiger partial charge in [0.1, 0.15) is 11.5 Å². The minimum Gasteiger partial charge on any atom is -0.507 e. The van der Waals surface area contributed by atoms with E-state index in [0.29, 0.717) is 5.75 Å². The van der Waals surface area contributed by atoms with Gasteiger partial charge >= 0.3 is 0 Å². The second-order valence-corrected chi connectivity index (χ2v) is 7.82. The molecule has 0 aliphatic rings. The van der Waals surface area contributed by atoms with E-state index in [1.165, 1.54) is 42.1 Å². The van der Waals surface area contributed by atoms with E-state index in [1.54, 1.807) is 12.1 Å². The number of hydrogen-bond acceptors (Lipinski definition) is 2. The van der Waals surface area contributed by atoms with Gasteiger partial charge in [-0.25, -0.2) is 0 Å². The molecule has 132 valence electrons. The van der Waals surface area contributed by atoms with Crippen LogP contribution in [0.1, 0.15) is 45.4 Å². The Morgan fingerprint density at radius 1 is 0.792 bits per heavy atom. The summed E-state index contributed by atoms with van der Waals surface area (Å²) in [6, 6.07) is 15.4. The van der Waals surface area contributed by atoms with Gasteiger partial charge in [-0.2, -0.15) is 0 Å². The lowest BCUT2D eigenvalue weighted by atomic mass is 10.1. The predicted octanol–water partition coefficient (Wildman–Crippen LogP) is 7.03. The fourth-order valence-corrected chi connectivity index (χ4v) is 3.01. The van der Waals surface area contributed by atoms with Crippen molar-refractivity contribution in [3.05, 3.63) is 55.7 Å². The molecular formula is C20H26I2O2. The Morgan fingerprint density at radius 3 is 1.96 bits per heavy atom. The highest BCUT2D eigenvalue weighted by atomic mass is 127. The van der Waals surface area contributed by atoms with E-state index in [4.69, 9.17) is 9.84 Å². The molecule has 24 heavy (non-hydrogen) atoms. The summed E-state index contributed by atoms with van der Waals surface area (Å²) >= 11 is 4.39. The highest BCUT2D eigenvalue weighted by Gasteiger charge is 1.98. The Hall–Kier alpha value is -0.500. The maximum Gasteiger partial charge on any atom is 0.132 e. The van der Waals surface area contributed by atoms with Gasteiger partial charge in [-0.05, 0) is 75.9 Å². The summed E-state index contributed by atoms with van der Waals surface area (Å²) in [5.74, 6) is 1.38. The summed E-state index contributed by atoms with van der Waals surface area (Å²) in [7, 11) is 0. The van der Waals surface area contributed by atoms with Gasteiger partial charge in [0.25, 0.3) is 0 Å². The van der Waals surface area contributed by atoms with Gasteiger partial charge in [0, 0.05) is 0 Å². The van der Waals surface area contributed by atoms with Crippen LogP contribution in [0.15, 0.2) is 48.5 Å². The fourth-order valence-electron chi connectivity index (χ4n) is 2.08. The summed E-state index contributed by atoms with van der Waals surface area (Å²) in [4.78, 5) is 0. The minimum absolute atomic E-state index is 0.355. The molecule has 2 aromatic carbocycles. The molecule has 1 N–H and O–H groups in total. The number of phenols is 1. The van der Waals surface area contributed by atoms with Crippen LogP contribution < -0.4 is 4.74 Å². The van der Waals surface area contributed by atoms with Crippen molar-refractivity contribution in [2.75, 3.05) is 6.61 Å². The molecule has 2 nitrogen and oxygen atoms in total. The molecule has 0 spiro atoms. The number of unbranched alkanes of at least 4 members (excludes halogenated alkanes) is 5. The second kappa shape index (κ2) is 13.8. The van der Waals surface area contributed by atoms with Crippen molar-refractivity contribution in [3.8, 4) is 11.5 Å². The third-order valence-electron chi connectivity index (χ3n) is 3.44. The van der Waals surface area contributed by atoms with Gasteiger partial charge in [-0.1, -0.05) is 63.3 Å². The molecule has 0 radical (unpaired) electrons. The third-order valence-corrected chi connectivity index (χ3v) is 5.25. The highest BCUT2D eigenvalue weighted by Crippen LogP contribution is 2.20. The first-order valence-corrected chi connectivity index (χ1v) is 10.6. The molecule has 2 rings (SSSR count). The van der Waals surface area contributed by atoms with Gasteiger partial charge < -0.3 is 9.84 Å². The number of rotatable bonds is 8. The van der Waals surface area contributed by atoms with E-state index >= 15 is 0 Å². The summed E-state index contributed by atoms with van der Waals surface area (Å²) in [6.45, 7) is 3.10. The molecule has 0 saturated heterocycles. The maximum absolute atomic E-state index is 8.91. The van der Waals surface area contributed by atoms with Crippen molar-refractivity contribution in [2.45, 2.75) is 45.4 Å². The Kier molecular flexibility index (Phi) is 12.3. The zero-order valence-electron chi connectivity index (χ0n) is 14.2. The molecule has 0 aliphatic heterocycles. The van der Waals surface area contributed by atoms with Gasteiger partial charge in [0.05, 0.1) is 13.7 Å². The van der Waals surface area contributed by atoms with Crippen LogP contribution in [-0.4, -0.2) is 11.7 Å². The SMILES string of the molecule is CCCCCCCCOc1ccccc1I.Oc1ccccc1I. The number of phenolic OH excluding ortho intramolecular Hbond substituents is 1. The zero-order valence-corrected chi connectivity index (χ0v) is 18.5. The lowest BCUT2D eigenvalue weighted by molar-refractivity contribution is 0.302. The molecule has 0 aliphatic carbocycles. The van der Waals surface area contributed by atoms with E-state index in [1.807, 2.05) is 30.3 Å². The molecule has 0 bridgehead atoms. The standard InChI is InChI=1S/C14H21IO.C6H5IO/c1-2-3-4-5-6-9-12-16-14-11-8-7-10-13(14)15;7-5-3-1-2-4-6(5)8/h7-8,10-11H,2-6,9,12H2,1H3;1-4,8H. The van der Waals surface area contributed by atoms with Crippen LogP contribution in [0.3, 0.4) is 0 Å². The van der Waals surface area contributed by atoms with Crippen LogP contribution in [0.25, 0.3) is 0 Å². The van der Waals surface area contributed by atoms with Gasteiger partial charge in [-0.3, -0.25) is 0 Å². The zero-order chi connectivity index (χ0) is 17.6. The maximum atomic E-state index is 8.91. The van der Waals surface area contributed by atoms with Crippen LogP contribution in [0.4, 0.5) is 0 Å². The molecule has 2 aromatic rings. The lowest BCUT2D eigenvalue weighted by Gasteiger charge is -2.07. The molecular weight excluding hydrogens is 526 g/mol. The van der Waals surface area contributed by atoms with E-state index in [2.05, 4.69) is 58.2 Å². The number of para-hydroxylation sites is 2. The van der Waals surface area contributed by atoms with Crippen LogP contribution in [0, 0.1) is 7.14 Å².